The van der Waals surface area contributed by atoms with Crippen LogP contribution in [-0.4, -0.2) is 65.3 Å². The number of methoxy groups -OCH3 is 2. The second-order valence-electron chi connectivity index (χ2n) is 8.93. The van der Waals surface area contributed by atoms with Crippen molar-refractivity contribution in [3.05, 3.63) is 54.0 Å². The van der Waals surface area contributed by atoms with Crippen LogP contribution in [0.25, 0.3) is 17.1 Å². The van der Waals surface area contributed by atoms with Crippen LogP contribution < -0.4 is 14.2 Å². The van der Waals surface area contributed by atoms with Crippen LogP contribution >= 0.6 is 0 Å². The Morgan fingerprint density at radius 1 is 1.18 bits per heavy atom. The molecule has 0 bridgehead atoms. The molecule has 0 spiro atoms. The molecule has 0 saturated carbocycles. The first-order chi connectivity index (χ1) is 18.6. The zero-order valence-corrected chi connectivity index (χ0v) is 23.6. The first kappa shape index (κ1) is 29.5. The average molecular weight is 556 g/mol. The summed E-state index contributed by atoms with van der Waals surface area (Å²) in [6, 6.07) is 6.83. The molecule has 2 heterocycles. The van der Waals surface area contributed by atoms with E-state index < -0.39 is 21.2 Å². The van der Waals surface area contributed by atoms with E-state index in [1.165, 1.54) is 31.2 Å². The van der Waals surface area contributed by atoms with Crippen LogP contribution in [0.3, 0.4) is 0 Å². The molecule has 0 aliphatic rings. The van der Waals surface area contributed by atoms with Gasteiger partial charge in [-0.15, -0.1) is 10.2 Å². The molecule has 3 rings (SSSR count). The summed E-state index contributed by atoms with van der Waals surface area (Å²) >= 11 is 0. The first-order valence-corrected chi connectivity index (χ1v) is 13.5. The van der Waals surface area contributed by atoms with Gasteiger partial charge in [0, 0.05) is 30.1 Å². The van der Waals surface area contributed by atoms with Gasteiger partial charge in [0.1, 0.15) is 23.0 Å². The number of nitrogens with one attached hydrogen (secondary N) is 1. The maximum atomic E-state index is 13.6. The van der Waals surface area contributed by atoms with Gasteiger partial charge < -0.3 is 14.6 Å². The Morgan fingerprint density at radius 2 is 1.85 bits per heavy atom. The van der Waals surface area contributed by atoms with E-state index in [4.69, 9.17) is 9.47 Å². The largest absolute Gasteiger partial charge is 0.494 e. The molecule has 0 saturated heterocycles. The standard InChI is InChI=1S/C26H33N7O5S/c1-16(2)12-29-24(27-5)17(3)18(4)39(35,36)32-26-31-30-25(20-11-19(15-34)13-28-14-20)33(26)23-21(37-6)9-8-10-22(23)38-7/h8-14,17-18,34H,5,15H2,1-4,6-7H3,(H,31,32)/b29-24-/t17-,18-/m0/s1. The van der Waals surface area contributed by atoms with Gasteiger partial charge in [0.15, 0.2) is 5.82 Å². The predicted octanol–water partition coefficient (Wildman–Crippen LogP) is 3.63. The molecular weight excluding hydrogens is 522 g/mol. The highest BCUT2D eigenvalue weighted by atomic mass is 32.2. The lowest BCUT2D eigenvalue weighted by molar-refractivity contribution is 0.281. The summed E-state index contributed by atoms with van der Waals surface area (Å²) in [5.74, 6) is 0.603. The Kier molecular flexibility index (Phi) is 9.54. The molecule has 1 aromatic carbocycles. The Labute approximate surface area is 228 Å². The van der Waals surface area contributed by atoms with Crippen LogP contribution in [0, 0.1) is 5.92 Å². The van der Waals surface area contributed by atoms with E-state index in [1.807, 2.05) is 13.8 Å². The van der Waals surface area contributed by atoms with Gasteiger partial charge in [0.2, 0.25) is 16.0 Å². The number of aliphatic hydroxyl groups excluding tert-OH is 1. The summed E-state index contributed by atoms with van der Waals surface area (Å²) in [6.07, 6.45) is 4.66. The Morgan fingerprint density at radius 3 is 2.41 bits per heavy atom. The SMILES string of the molecule is C=N/C(=N\C=C(C)C)[C@@H](C)[C@H](C)S(=O)(=O)Nc1nnc(-c2cncc(CO)c2)n1-c1c(OC)cccc1OC. The van der Waals surface area contributed by atoms with Gasteiger partial charge in [-0.1, -0.05) is 18.6 Å². The molecular formula is C26H33N7O5S. The Hall–Kier alpha value is -4.10. The summed E-state index contributed by atoms with van der Waals surface area (Å²) in [7, 11) is -1.09. The van der Waals surface area contributed by atoms with Gasteiger partial charge in [0.05, 0.1) is 26.1 Å². The quantitative estimate of drug-likeness (QED) is 0.269. The highest BCUT2D eigenvalue weighted by Gasteiger charge is 2.32. The summed E-state index contributed by atoms with van der Waals surface area (Å²) in [5, 5.41) is 17.1. The molecule has 2 N–H and O–H groups in total. The molecule has 3 aromatic rings. The van der Waals surface area contributed by atoms with E-state index in [-0.39, 0.29) is 24.2 Å². The normalized spacial score (nSPS) is 13.4. The fourth-order valence-electron chi connectivity index (χ4n) is 3.69. The second kappa shape index (κ2) is 12.6. The molecule has 208 valence electrons. The number of amidine groups is 1. The molecule has 0 fully saturated rings. The van der Waals surface area contributed by atoms with Gasteiger partial charge in [-0.2, -0.15) is 0 Å². The van der Waals surface area contributed by atoms with Crippen molar-refractivity contribution in [2.75, 3.05) is 18.9 Å². The van der Waals surface area contributed by atoms with Crippen molar-refractivity contribution in [2.45, 2.75) is 39.6 Å². The number of ether oxygens (including phenoxy) is 2. The number of pyridine rings is 1. The lowest BCUT2D eigenvalue weighted by Gasteiger charge is -2.21. The number of aliphatic imine (C=N–C) groups is 2. The molecule has 39 heavy (non-hydrogen) atoms. The van der Waals surface area contributed by atoms with Crippen molar-refractivity contribution in [3.63, 3.8) is 0 Å². The smallest absolute Gasteiger partial charge is 0.243 e. The minimum atomic E-state index is -4.06. The van der Waals surface area contributed by atoms with Crippen LogP contribution in [0.2, 0.25) is 0 Å². The lowest BCUT2D eigenvalue weighted by atomic mass is 10.1. The maximum Gasteiger partial charge on any atom is 0.243 e. The van der Waals surface area contributed by atoms with Crippen molar-refractivity contribution in [1.29, 1.82) is 0 Å². The summed E-state index contributed by atoms with van der Waals surface area (Å²) in [6.45, 7) is 10.3. The van der Waals surface area contributed by atoms with Crippen LogP contribution in [-0.2, 0) is 16.6 Å². The highest BCUT2D eigenvalue weighted by molar-refractivity contribution is 7.93. The van der Waals surface area contributed by atoms with Crippen LogP contribution in [0.4, 0.5) is 5.95 Å². The number of hydrogen-bond donors (Lipinski definition) is 2. The van der Waals surface area contributed by atoms with Crippen molar-refractivity contribution in [1.82, 2.24) is 19.7 Å². The third-order valence-corrected chi connectivity index (χ3v) is 7.83. The van der Waals surface area contributed by atoms with Gasteiger partial charge >= 0.3 is 0 Å². The fourth-order valence-corrected chi connectivity index (χ4v) is 4.93. The Bertz CT molecular complexity index is 1470. The predicted molar refractivity (Wildman–Crippen MR) is 151 cm³/mol. The number of aliphatic hydroxyl groups is 1. The van der Waals surface area contributed by atoms with E-state index in [9.17, 15) is 13.5 Å². The minimum absolute atomic E-state index is 0.101. The van der Waals surface area contributed by atoms with Gasteiger partial charge in [0.25, 0.3) is 0 Å². The first-order valence-electron chi connectivity index (χ1n) is 12.0. The van der Waals surface area contributed by atoms with Crippen LogP contribution in [0.15, 0.2) is 58.4 Å². The monoisotopic (exact) mass is 555 g/mol. The number of allylic oxidation sites excluding steroid dienone is 1. The van der Waals surface area contributed by atoms with E-state index in [1.54, 1.807) is 44.3 Å². The Balaban J connectivity index is 2.18. The third kappa shape index (κ3) is 6.49. The molecule has 2 aromatic heterocycles. The molecule has 0 aliphatic heterocycles. The van der Waals surface area contributed by atoms with Crippen molar-refractivity contribution in [2.24, 2.45) is 15.9 Å². The topological polar surface area (TPSA) is 153 Å². The zero-order chi connectivity index (χ0) is 28.7. The highest BCUT2D eigenvalue weighted by Crippen LogP contribution is 2.38. The number of aromatic nitrogens is 4. The number of anilines is 1. The minimum Gasteiger partial charge on any atom is -0.494 e. The van der Waals surface area contributed by atoms with Gasteiger partial charge in [-0.05, 0) is 51.3 Å². The van der Waals surface area contributed by atoms with Crippen molar-refractivity contribution >= 4 is 28.5 Å². The molecule has 12 nitrogen and oxygen atoms in total. The number of sulfonamides is 1. The number of benzene rings is 1. The number of para-hydroxylation sites is 1. The van der Waals surface area contributed by atoms with Gasteiger partial charge in [-0.3, -0.25) is 14.3 Å². The molecule has 0 unspecified atom stereocenters. The molecule has 2 atom stereocenters. The number of nitrogens with zero attached hydrogens (tertiary/aromatic N) is 6. The maximum absolute atomic E-state index is 13.6. The van der Waals surface area contributed by atoms with Crippen molar-refractivity contribution in [3.8, 4) is 28.6 Å². The van der Waals surface area contributed by atoms with Gasteiger partial charge in [-0.25, -0.2) is 18.4 Å². The number of rotatable bonds is 11. The molecule has 13 heteroatoms. The summed E-state index contributed by atoms with van der Waals surface area (Å²) in [4.78, 5) is 12.4. The lowest BCUT2D eigenvalue weighted by Crippen LogP contribution is -2.35. The molecule has 0 aliphatic carbocycles. The number of hydrogen-bond acceptors (Lipinski definition) is 9. The van der Waals surface area contributed by atoms with E-state index in [0.29, 0.717) is 28.3 Å². The van der Waals surface area contributed by atoms with Crippen LogP contribution in [0.5, 0.6) is 11.5 Å². The average Bonchev–Trinajstić information content (AvgIpc) is 3.34. The molecule has 0 amide bonds. The van der Waals surface area contributed by atoms with Crippen LogP contribution in [0.1, 0.15) is 33.3 Å². The van der Waals surface area contributed by atoms with E-state index in [0.717, 1.165) is 5.57 Å². The summed E-state index contributed by atoms with van der Waals surface area (Å²) in [5.41, 5.74) is 2.33. The fraction of sp³-hybridized carbons (Fsp3) is 0.346. The molecule has 0 radical (unpaired) electrons. The second-order valence-corrected chi connectivity index (χ2v) is 11.0. The van der Waals surface area contributed by atoms with E-state index >= 15 is 0 Å². The van der Waals surface area contributed by atoms with E-state index in [2.05, 4.69) is 36.6 Å². The summed E-state index contributed by atoms with van der Waals surface area (Å²) < 4.78 is 42.4. The van der Waals surface area contributed by atoms with Crippen molar-refractivity contribution < 1.29 is 23.0 Å². The zero-order valence-electron chi connectivity index (χ0n) is 22.8. The third-order valence-electron chi connectivity index (χ3n) is 5.98.